The van der Waals surface area contributed by atoms with Crippen LogP contribution in [0.2, 0.25) is 0 Å². The van der Waals surface area contributed by atoms with Crippen molar-refractivity contribution in [3.63, 3.8) is 0 Å². The van der Waals surface area contributed by atoms with Gasteiger partial charge in [0.15, 0.2) is 0 Å². The van der Waals surface area contributed by atoms with Gasteiger partial charge in [-0.15, -0.1) is 0 Å². The van der Waals surface area contributed by atoms with E-state index in [1.807, 2.05) is 0 Å². The molecular weight excluding hydrogens is 291 g/mol. The molecule has 0 aromatic carbocycles. The van der Waals surface area contributed by atoms with E-state index in [2.05, 4.69) is 6.92 Å². The number of unbranched alkanes of at least 4 members (excludes halogenated alkanes) is 9. The molecule has 1 N–H and O–H groups in total. The summed E-state index contributed by atoms with van der Waals surface area (Å²) in [6.45, 7) is 2.24. The van der Waals surface area contributed by atoms with E-state index in [-0.39, 0.29) is 19.5 Å². The summed E-state index contributed by atoms with van der Waals surface area (Å²) in [6, 6.07) is 0. The molecule has 0 heterocycles. The fraction of sp³-hybridized carbons (Fsp3) is 0.923. The van der Waals surface area contributed by atoms with Gasteiger partial charge in [0.25, 0.3) is 0 Å². The number of hydrogen-bond donors (Lipinski definition) is 1. The van der Waals surface area contributed by atoms with Gasteiger partial charge in [-0.2, -0.15) is 0 Å². The second-order valence-corrected chi connectivity index (χ2v) is 4.33. The van der Waals surface area contributed by atoms with Gasteiger partial charge in [-0.25, -0.2) is 0 Å². The minimum absolute atomic E-state index is 0. The van der Waals surface area contributed by atoms with E-state index < -0.39 is 5.97 Å². The minimum Gasteiger partial charge on any atom is -0.481 e. The summed E-state index contributed by atoms with van der Waals surface area (Å²) in [5.41, 5.74) is 0. The summed E-state index contributed by atoms with van der Waals surface area (Å²) in [7, 11) is 0. The summed E-state index contributed by atoms with van der Waals surface area (Å²) in [5.74, 6) is -0.658. The molecule has 2 nitrogen and oxygen atoms in total. The predicted molar refractivity (Wildman–Crippen MR) is 64.1 cm³/mol. The summed E-state index contributed by atoms with van der Waals surface area (Å²) >= 11 is 0. The molecule has 0 bridgehead atoms. The van der Waals surface area contributed by atoms with Crippen LogP contribution in [-0.4, -0.2) is 11.1 Å². The quantitative estimate of drug-likeness (QED) is 0.453. The third-order valence-electron chi connectivity index (χ3n) is 2.74. The zero-order valence-electron chi connectivity index (χ0n) is 10.5. The Balaban J connectivity index is 0. The molecule has 0 saturated carbocycles. The Bertz CT molecular complexity index is 149. The second-order valence-electron chi connectivity index (χ2n) is 4.33. The monoisotopic (exact) mass is 317 g/mol. The molecular formula is C13H26O2Rh. The molecule has 0 rings (SSSR count). The first-order valence-corrected chi connectivity index (χ1v) is 6.49. The van der Waals surface area contributed by atoms with Gasteiger partial charge in [0, 0.05) is 25.9 Å². The molecule has 0 atom stereocenters. The summed E-state index contributed by atoms with van der Waals surface area (Å²) in [4.78, 5) is 10.2. The fourth-order valence-corrected chi connectivity index (χ4v) is 1.76. The zero-order valence-corrected chi connectivity index (χ0v) is 12.1. The van der Waals surface area contributed by atoms with Crippen LogP contribution in [-0.2, 0) is 24.3 Å². The molecule has 99 valence electrons. The van der Waals surface area contributed by atoms with Crippen LogP contribution in [0.25, 0.3) is 0 Å². The van der Waals surface area contributed by atoms with Crippen molar-refractivity contribution >= 4 is 5.97 Å². The van der Waals surface area contributed by atoms with Gasteiger partial charge in [0.1, 0.15) is 0 Å². The van der Waals surface area contributed by atoms with Gasteiger partial charge >= 0.3 is 5.97 Å². The van der Waals surface area contributed by atoms with Crippen LogP contribution in [0.5, 0.6) is 0 Å². The predicted octanol–water partition coefficient (Wildman–Crippen LogP) is 4.38. The van der Waals surface area contributed by atoms with Crippen molar-refractivity contribution in [3.8, 4) is 0 Å². The Kier molecular flexibility index (Phi) is 17.4. The molecule has 0 aliphatic carbocycles. The average molecular weight is 317 g/mol. The Hall–Kier alpha value is 0.0934. The van der Waals surface area contributed by atoms with E-state index in [4.69, 9.17) is 5.11 Å². The zero-order chi connectivity index (χ0) is 11.4. The molecule has 0 aromatic heterocycles. The molecule has 0 aliphatic heterocycles. The van der Waals surface area contributed by atoms with Crippen LogP contribution in [0.3, 0.4) is 0 Å². The largest absolute Gasteiger partial charge is 0.481 e. The van der Waals surface area contributed by atoms with Crippen molar-refractivity contribution in [3.05, 3.63) is 0 Å². The molecule has 0 aromatic rings. The summed E-state index contributed by atoms with van der Waals surface area (Å²) in [6.07, 6.45) is 12.9. The van der Waals surface area contributed by atoms with Crippen molar-refractivity contribution in [1.29, 1.82) is 0 Å². The van der Waals surface area contributed by atoms with E-state index in [1.54, 1.807) is 0 Å². The number of carboxylic acids is 1. The van der Waals surface area contributed by atoms with Gasteiger partial charge in [0.2, 0.25) is 0 Å². The molecule has 0 fully saturated rings. The summed E-state index contributed by atoms with van der Waals surface area (Å²) in [5, 5.41) is 8.44. The first-order chi connectivity index (χ1) is 7.27. The number of carbonyl (C=O) groups is 1. The molecule has 1 radical (unpaired) electrons. The standard InChI is InChI=1S/C13H26O2.Rh/c1-2-3-4-5-6-7-8-9-10-11-12-13(14)15;/h2-12H2,1H3,(H,14,15);. The number of hydrogen-bond acceptors (Lipinski definition) is 1. The molecule has 0 saturated heterocycles. The average Bonchev–Trinajstić information content (AvgIpc) is 2.20. The maximum absolute atomic E-state index is 10.2. The van der Waals surface area contributed by atoms with Gasteiger partial charge in [-0.05, 0) is 6.42 Å². The Labute approximate surface area is 113 Å². The normalized spacial score (nSPS) is 9.81. The molecule has 16 heavy (non-hydrogen) atoms. The Morgan fingerprint density at radius 2 is 1.19 bits per heavy atom. The first-order valence-electron chi connectivity index (χ1n) is 6.49. The third-order valence-corrected chi connectivity index (χ3v) is 2.74. The van der Waals surface area contributed by atoms with Gasteiger partial charge in [-0.3, -0.25) is 4.79 Å². The van der Waals surface area contributed by atoms with Crippen molar-refractivity contribution in [2.45, 2.75) is 77.6 Å². The van der Waals surface area contributed by atoms with E-state index in [9.17, 15) is 4.79 Å². The number of carboxylic acid groups (broad SMARTS) is 1. The van der Waals surface area contributed by atoms with Crippen molar-refractivity contribution in [2.24, 2.45) is 0 Å². The van der Waals surface area contributed by atoms with Crippen LogP contribution in [0.15, 0.2) is 0 Å². The van der Waals surface area contributed by atoms with Crippen molar-refractivity contribution < 1.29 is 29.4 Å². The SMILES string of the molecule is CCCCCCCCCCCCC(=O)O.[Rh]. The van der Waals surface area contributed by atoms with Crippen LogP contribution in [0.4, 0.5) is 0 Å². The summed E-state index contributed by atoms with van der Waals surface area (Å²) < 4.78 is 0. The van der Waals surface area contributed by atoms with E-state index >= 15 is 0 Å². The number of rotatable bonds is 11. The molecule has 0 spiro atoms. The second kappa shape index (κ2) is 15.1. The fourth-order valence-electron chi connectivity index (χ4n) is 1.76. The van der Waals surface area contributed by atoms with Crippen molar-refractivity contribution in [1.82, 2.24) is 0 Å². The minimum atomic E-state index is -0.658. The van der Waals surface area contributed by atoms with Crippen molar-refractivity contribution in [2.75, 3.05) is 0 Å². The van der Waals surface area contributed by atoms with Gasteiger partial charge in [0.05, 0.1) is 0 Å². The molecule has 0 amide bonds. The molecule has 3 heteroatoms. The van der Waals surface area contributed by atoms with Gasteiger partial charge < -0.3 is 5.11 Å². The number of aliphatic carboxylic acids is 1. The van der Waals surface area contributed by atoms with Gasteiger partial charge in [-0.1, -0.05) is 64.7 Å². The van der Waals surface area contributed by atoms with Crippen LogP contribution in [0.1, 0.15) is 77.6 Å². The van der Waals surface area contributed by atoms with Crippen LogP contribution >= 0.6 is 0 Å². The maximum Gasteiger partial charge on any atom is 0.303 e. The van der Waals surface area contributed by atoms with Crippen LogP contribution in [0, 0.1) is 0 Å². The third kappa shape index (κ3) is 16.5. The topological polar surface area (TPSA) is 37.3 Å². The maximum atomic E-state index is 10.2. The van der Waals surface area contributed by atoms with E-state index in [0.29, 0.717) is 6.42 Å². The first kappa shape index (κ1) is 18.5. The van der Waals surface area contributed by atoms with E-state index in [0.717, 1.165) is 12.8 Å². The Morgan fingerprint density at radius 3 is 1.56 bits per heavy atom. The van der Waals surface area contributed by atoms with E-state index in [1.165, 1.54) is 51.4 Å². The Morgan fingerprint density at radius 1 is 0.812 bits per heavy atom. The van der Waals surface area contributed by atoms with Crippen LogP contribution < -0.4 is 0 Å². The molecule has 0 aliphatic rings. The smallest absolute Gasteiger partial charge is 0.303 e. The molecule has 0 unspecified atom stereocenters.